The number of aliphatic hydroxyl groups is 1. The van der Waals surface area contributed by atoms with E-state index in [0.717, 1.165) is 38.4 Å². The van der Waals surface area contributed by atoms with E-state index in [1.54, 1.807) is 20.8 Å². The smallest absolute Gasteiger partial charge is 0.413 e. The summed E-state index contributed by atoms with van der Waals surface area (Å²) in [5.41, 5.74) is 4.12. The fourth-order valence-corrected chi connectivity index (χ4v) is 5.95. The molecular formula is C32H40N6O10. The molecule has 16 nitrogen and oxygen atoms in total. The Morgan fingerprint density at radius 3 is 2.65 bits per heavy atom. The number of nitrogens with two attached hydrogens (primary N) is 1. The van der Waals surface area contributed by atoms with E-state index in [0.29, 0.717) is 5.76 Å². The highest BCUT2D eigenvalue weighted by molar-refractivity contribution is 5.88. The number of carbonyl (C=O) groups is 3. The van der Waals surface area contributed by atoms with Gasteiger partial charge in [-0.15, -0.1) is 0 Å². The van der Waals surface area contributed by atoms with Crippen molar-refractivity contribution in [3.05, 3.63) is 48.2 Å². The van der Waals surface area contributed by atoms with Crippen LogP contribution in [0.25, 0.3) is 5.52 Å². The molecule has 2 aromatic rings. The van der Waals surface area contributed by atoms with E-state index >= 15 is 0 Å². The van der Waals surface area contributed by atoms with Crippen LogP contribution in [0.15, 0.2) is 42.5 Å². The number of carbonyl (C=O) groups excluding carboxylic acids is 3. The number of hydrogen-bond acceptors (Lipinski definition) is 14. The van der Waals surface area contributed by atoms with Crippen LogP contribution in [0, 0.1) is 23.2 Å². The molecular weight excluding hydrogens is 628 g/mol. The average Bonchev–Trinajstić information content (AvgIpc) is 3.72. The first-order valence-corrected chi connectivity index (χ1v) is 15.8. The summed E-state index contributed by atoms with van der Waals surface area (Å²) in [6.45, 7) is 8.01. The van der Waals surface area contributed by atoms with E-state index in [9.17, 15) is 24.8 Å². The van der Waals surface area contributed by atoms with Crippen LogP contribution in [0.4, 0.5) is 10.6 Å². The molecule has 5 rings (SSSR count). The van der Waals surface area contributed by atoms with Gasteiger partial charge in [0.25, 0.3) is 5.95 Å². The standard InChI is InChI=1S/C32H40N6O10/c1-17(2)26(34)30(41)47-27-23(14-43-25(39)12-20-8-6-5-7-9-20)48-32(15-33,28(27)40)24-11-10-21-29(35-16-36-38(21)24)37-31(42)44-13-22-18(3)45-19(4)46-22/h10-11,16-17,20,23,26-28,40H,4-9,12-14,34H2,1-3H3,(H,35,36,37,42)/t23-,26+,27-,28-,32+/m1/s1. The Kier molecular flexibility index (Phi) is 10.5. The summed E-state index contributed by atoms with van der Waals surface area (Å²) in [4.78, 5) is 42.4. The summed E-state index contributed by atoms with van der Waals surface area (Å²) < 4.78 is 34.3. The number of hydrogen-bond donors (Lipinski definition) is 3. The first kappa shape index (κ1) is 34.6. The van der Waals surface area contributed by atoms with E-state index < -0.39 is 54.6 Å². The summed E-state index contributed by atoms with van der Waals surface area (Å²) in [6, 6.07) is 3.94. The minimum Gasteiger partial charge on any atom is -0.463 e. The van der Waals surface area contributed by atoms with Gasteiger partial charge in [-0.2, -0.15) is 10.4 Å². The Labute approximate surface area is 276 Å². The van der Waals surface area contributed by atoms with Crippen molar-refractivity contribution in [2.24, 2.45) is 17.6 Å². The third kappa shape index (κ3) is 7.23. The molecule has 0 unspecified atom stereocenters. The Bertz CT molecular complexity index is 1630. The van der Waals surface area contributed by atoms with Crippen LogP contribution < -0.4 is 11.1 Å². The van der Waals surface area contributed by atoms with E-state index in [4.69, 9.17) is 34.2 Å². The molecule has 4 heterocycles. The highest BCUT2D eigenvalue weighted by Crippen LogP contribution is 2.42. The molecule has 1 saturated carbocycles. The highest BCUT2D eigenvalue weighted by Gasteiger charge is 2.60. The third-order valence-corrected chi connectivity index (χ3v) is 8.71. The van der Waals surface area contributed by atoms with Crippen LogP contribution in [0.2, 0.25) is 0 Å². The first-order chi connectivity index (χ1) is 22.9. The number of anilines is 1. The summed E-state index contributed by atoms with van der Waals surface area (Å²) >= 11 is 0. The van der Waals surface area contributed by atoms with Gasteiger partial charge in [0.05, 0.1) is 5.69 Å². The number of nitrogens with zero attached hydrogens (tertiary/aromatic N) is 4. The molecule has 48 heavy (non-hydrogen) atoms. The van der Waals surface area contributed by atoms with Crippen molar-refractivity contribution in [2.45, 2.75) is 89.3 Å². The molecule has 1 saturated heterocycles. The van der Waals surface area contributed by atoms with Gasteiger partial charge in [-0.25, -0.2) is 14.3 Å². The maximum atomic E-state index is 12.9. The largest absolute Gasteiger partial charge is 0.463 e. The number of fused-ring (bicyclic) bond motifs is 1. The first-order valence-electron chi connectivity index (χ1n) is 15.8. The SMILES string of the molecule is C=C1OC(C)=C(COC(=O)Nc2ncnn3c([C@]4(C#N)O[C@H](COC(=O)CC5CCCCC5)[C@@H](OC(=O)[C@@H](N)C(C)C)[C@H]4O)ccc23)O1. The van der Waals surface area contributed by atoms with E-state index in [1.165, 1.54) is 16.6 Å². The zero-order valence-electron chi connectivity index (χ0n) is 27.0. The van der Waals surface area contributed by atoms with Gasteiger partial charge in [0.1, 0.15) is 48.5 Å². The van der Waals surface area contributed by atoms with Crippen molar-refractivity contribution >= 4 is 29.4 Å². The number of aromatic nitrogens is 3. The number of ether oxygens (including phenoxy) is 6. The van der Waals surface area contributed by atoms with Crippen LogP contribution in [0.5, 0.6) is 0 Å². The zero-order valence-corrected chi connectivity index (χ0v) is 27.0. The molecule has 2 fully saturated rings. The molecule has 2 aliphatic heterocycles. The number of nitriles is 1. The van der Waals surface area contributed by atoms with Crippen molar-refractivity contribution in [3.8, 4) is 6.07 Å². The molecule has 5 atom stereocenters. The molecule has 1 amide bonds. The molecule has 3 aliphatic rings. The monoisotopic (exact) mass is 668 g/mol. The van der Waals surface area contributed by atoms with Crippen molar-refractivity contribution < 1.29 is 47.9 Å². The quantitative estimate of drug-likeness (QED) is 0.232. The van der Waals surface area contributed by atoms with Crippen LogP contribution in [-0.2, 0) is 43.6 Å². The normalized spacial score (nSPS) is 24.9. The zero-order chi connectivity index (χ0) is 34.6. The number of amides is 1. The summed E-state index contributed by atoms with van der Waals surface area (Å²) in [5, 5.41) is 28.9. The molecule has 16 heteroatoms. The van der Waals surface area contributed by atoms with Crippen LogP contribution in [0.3, 0.4) is 0 Å². The molecule has 4 N–H and O–H groups in total. The van der Waals surface area contributed by atoms with Crippen molar-refractivity contribution in [1.82, 2.24) is 14.6 Å². The Morgan fingerprint density at radius 1 is 1.23 bits per heavy atom. The fourth-order valence-electron chi connectivity index (χ4n) is 5.95. The number of nitrogens with one attached hydrogen (secondary N) is 1. The lowest BCUT2D eigenvalue weighted by Gasteiger charge is -2.25. The number of esters is 2. The maximum absolute atomic E-state index is 12.9. The lowest BCUT2D eigenvalue weighted by atomic mass is 9.87. The van der Waals surface area contributed by atoms with Gasteiger partial charge in [0, 0.05) is 6.42 Å². The number of allylic oxidation sites excluding steroid dienone is 1. The van der Waals surface area contributed by atoms with Crippen LogP contribution in [0.1, 0.15) is 65.0 Å². The summed E-state index contributed by atoms with van der Waals surface area (Å²) in [5.74, 6) is -0.588. The third-order valence-electron chi connectivity index (χ3n) is 8.71. The average molecular weight is 669 g/mol. The minimum atomic E-state index is -2.15. The number of rotatable bonds is 11. The van der Waals surface area contributed by atoms with Gasteiger partial charge < -0.3 is 39.3 Å². The lowest BCUT2D eigenvalue weighted by molar-refractivity contribution is -0.162. The van der Waals surface area contributed by atoms with Crippen molar-refractivity contribution in [1.29, 1.82) is 5.26 Å². The Balaban J connectivity index is 1.37. The lowest BCUT2D eigenvalue weighted by Crippen LogP contribution is -2.46. The molecule has 0 spiro atoms. The molecule has 0 aromatic carbocycles. The second-order valence-corrected chi connectivity index (χ2v) is 12.4. The van der Waals surface area contributed by atoms with Gasteiger partial charge in [-0.3, -0.25) is 14.9 Å². The summed E-state index contributed by atoms with van der Waals surface area (Å²) in [7, 11) is 0. The van der Waals surface area contributed by atoms with E-state index in [-0.39, 0.29) is 53.6 Å². The second kappa shape index (κ2) is 14.6. The predicted molar refractivity (Wildman–Crippen MR) is 165 cm³/mol. The predicted octanol–water partition coefficient (Wildman–Crippen LogP) is 2.91. The highest BCUT2D eigenvalue weighted by atomic mass is 16.7. The van der Waals surface area contributed by atoms with Gasteiger partial charge in [-0.1, -0.05) is 33.1 Å². The second-order valence-electron chi connectivity index (χ2n) is 12.4. The number of aliphatic hydroxyl groups excluding tert-OH is 1. The van der Waals surface area contributed by atoms with Gasteiger partial charge >= 0.3 is 18.0 Å². The van der Waals surface area contributed by atoms with Gasteiger partial charge in [-0.05, 0) is 50.3 Å². The molecule has 2 aromatic heterocycles. The van der Waals surface area contributed by atoms with Crippen molar-refractivity contribution in [2.75, 3.05) is 18.5 Å². The Hall–Kier alpha value is -4.72. The fraction of sp³-hybridized carbons (Fsp3) is 0.562. The Morgan fingerprint density at radius 2 is 1.98 bits per heavy atom. The van der Waals surface area contributed by atoms with Gasteiger partial charge in [0.15, 0.2) is 24.3 Å². The van der Waals surface area contributed by atoms with Crippen LogP contribution >= 0.6 is 0 Å². The minimum absolute atomic E-state index is 0.0135. The maximum Gasteiger partial charge on any atom is 0.413 e. The summed E-state index contributed by atoms with van der Waals surface area (Å²) in [6.07, 6.45) is 1.18. The molecule has 1 aliphatic carbocycles. The van der Waals surface area contributed by atoms with E-state index in [2.05, 4.69) is 22.0 Å². The topological polar surface area (TPSA) is 219 Å². The van der Waals surface area contributed by atoms with Gasteiger partial charge in [0.2, 0.25) is 5.60 Å². The van der Waals surface area contributed by atoms with E-state index in [1.807, 2.05) is 6.07 Å². The molecule has 0 radical (unpaired) electrons. The van der Waals surface area contributed by atoms with Crippen LogP contribution in [-0.4, -0.2) is 75.3 Å². The molecule has 258 valence electrons. The molecule has 0 bridgehead atoms. The van der Waals surface area contributed by atoms with Crippen molar-refractivity contribution in [3.63, 3.8) is 0 Å².